The Morgan fingerprint density at radius 1 is 1.30 bits per heavy atom. The molecule has 0 aromatic heterocycles. The third-order valence-corrected chi connectivity index (χ3v) is 3.40. The van der Waals surface area contributed by atoms with Crippen LogP contribution in [0.15, 0.2) is 23.3 Å². The zero-order chi connectivity index (χ0) is 17.4. The maximum Gasteiger partial charge on any atom is 0.438 e. The molecule has 1 heterocycles. The highest BCUT2D eigenvalue weighted by Crippen LogP contribution is 2.41. The smallest absolute Gasteiger partial charge is 0.438 e. The van der Waals surface area contributed by atoms with E-state index in [2.05, 4.69) is 5.10 Å². The Morgan fingerprint density at radius 2 is 1.91 bits per heavy atom. The molecule has 1 aromatic carbocycles. The minimum absolute atomic E-state index is 0.00125. The minimum Gasteiger partial charge on any atom is -0.493 e. The summed E-state index contributed by atoms with van der Waals surface area (Å²) in [6.07, 6.45) is -5.84. The van der Waals surface area contributed by atoms with Gasteiger partial charge in [-0.1, -0.05) is 0 Å². The molecule has 0 bridgehead atoms. The van der Waals surface area contributed by atoms with E-state index in [1.165, 1.54) is 39.3 Å². The van der Waals surface area contributed by atoms with Crippen LogP contribution in [-0.4, -0.2) is 47.9 Å². The van der Waals surface area contributed by atoms with Crippen LogP contribution in [0.4, 0.5) is 13.2 Å². The number of hydrogen-bond acceptors (Lipinski definition) is 5. The Balaban J connectivity index is 2.43. The summed E-state index contributed by atoms with van der Waals surface area (Å²) in [4.78, 5) is 12.4. The van der Waals surface area contributed by atoms with Crippen molar-refractivity contribution in [2.24, 2.45) is 5.10 Å². The van der Waals surface area contributed by atoms with Gasteiger partial charge in [-0.25, -0.2) is 0 Å². The highest BCUT2D eigenvalue weighted by molar-refractivity contribution is 5.98. The number of amides is 1. The molecule has 1 atom stereocenters. The fourth-order valence-electron chi connectivity index (χ4n) is 2.25. The zero-order valence-corrected chi connectivity index (χ0v) is 12.6. The van der Waals surface area contributed by atoms with E-state index in [1.807, 2.05) is 0 Å². The number of benzene rings is 1. The predicted octanol–water partition coefficient (Wildman–Crippen LogP) is 2.18. The fourth-order valence-corrected chi connectivity index (χ4v) is 2.25. The van der Waals surface area contributed by atoms with E-state index in [0.717, 1.165) is 0 Å². The Morgan fingerprint density at radius 3 is 2.43 bits per heavy atom. The van der Waals surface area contributed by atoms with Gasteiger partial charge < -0.3 is 14.6 Å². The summed E-state index contributed by atoms with van der Waals surface area (Å²) in [7, 11) is 2.71. The lowest BCUT2D eigenvalue weighted by atomic mass is 10.1. The molecule has 0 saturated carbocycles. The molecule has 9 heteroatoms. The van der Waals surface area contributed by atoms with E-state index in [4.69, 9.17) is 9.47 Å². The summed E-state index contributed by atoms with van der Waals surface area (Å²) in [5, 5.41) is 13.5. The van der Waals surface area contributed by atoms with Crippen LogP contribution >= 0.6 is 0 Å². The highest BCUT2D eigenvalue weighted by atomic mass is 19.4. The van der Waals surface area contributed by atoms with Gasteiger partial charge in [0, 0.05) is 17.7 Å². The van der Waals surface area contributed by atoms with Gasteiger partial charge in [0.1, 0.15) is 0 Å². The molecule has 0 fully saturated rings. The summed E-state index contributed by atoms with van der Waals surface area (Å²) >= 11 is 0. The predicted molar refractivity (Wildman–Crippen MR) is 74.4 cm³/mol. The van der Waals surface area contributed by atoms with E-state index in [0.29, 0.717) is 5.75 Å². The average molecular weight is 332 g/mol. The summed E-state index contributed by atoms with van der Waals surface area (Å²) in [5.74, 6) is -0.604. The van der Waals surface area contributed by atoms with E-state index in [-0.39, 0.29) is 22.0 Å². The molecule has 23 heavy (non-hydrogen) atoms. The molecule has 126 valence electrons. The summed E-state index contributed by atoms with van der Waals surface area (Å²) in [5.41, 5.74) is -3.48. The molecule has 6 nitrogen and oxygen atoms in total. The second-order valence-electron chi connectivity index (χ2n) is 5.01. The van der Waals surface area contributed by atoms with Gasteiger partial charge in [-0.2, -0.15) is 23.3 Å². The van der Waals surface area contributed by atoms with Gasteiger partial charge in [0.15, 0.2) is 11.5 Å². The Bertz CT molecular complexity index is 660. The fraction of sp³-hybridized carbons (Fsp3) is 0.429. The molecule has 0 unspecified atom stereocenters. The molecule has 0 spiro atoms. The number of rotatable bonds is 3. The first-order valence-electron chi connectivity index (χ1n) is 6.54. The van der Waals surface area contributed by atoms with Gasteiger partial charge in [-0.15, -0.1) is 0 Å². The van der Waals surface area contributed by atoms with E-state index in [9.17, 15) is 23.1 Å². The van der Waals surface area contributed by atoms with Crippen LogP contribution in [0.1, 0.15) is 23.7 Å². The van der Waals surface area contributed by atoms with Crippen molar-refractivity contribution in [3.8, 4) is 11.5 Å². The van der Waals surface area contributed by atoms with Gasteiger partial charge in [-0.05, 0) is 25.1 Å². The van der Waals surface area contributed by atoms with Crippen molar-refractivity contribution in [1.29, 1.82) is 0 Å². The lowest BCUT2D eigenvalue weighted by molar-refractivity contribution is -0.297. The number of aliphatic hydroxyl groups is 1. The maximum absolute atomic E-state index is 13.1. The normalized spacial score (nSPS) is 21.2. The van der Waals surface area contributed by atoms with Crippen LogP contribution in [0.25, 0.3) is 0 Å². The molecule has 1 aliphatic rings. The number of hydrazone groups is 1. The van der Waals surface area contributed by atoms with Crippen molar-refractivity contribution >= 4 is 11.6 Å². The lowest BCUT2D eigenvalue weighted by Gasteiger charge is -2.32. The third kappa shape index (κ3) is 2.83. The van der Waals surface area contributed by atoms with Gasteiger partial charge in [-0.3, -0.25) is 4.79 Å². The molecule has 0 radical (unpaired) electrons. The van der Waals surface area contributed by atoms with E-state index in [1.54, 1.807) is 0 Å². The van der Waals surface area contributed by atoms with E-state index < -0.39 is 24.2 Å². The maximum atomic E-state index is 13.1. The molecule has 1 N–H and O–H groups in total. The van der Waals surface area contributed by atoms with Crippen molar-refractivity contribution in [3.05, 3.63) is 23.8 Å². The molecular formula is C14H15F3N2O4. The Hall–Kier alpha value is -2.29. The van der Waals surface area contributed by atoms with Gasteiger partial charge in [0.25, 0.3) is 11.6 Å². The standard InChI is InChI=1S/C14H15F3N2O4/c1-8-7-13(21,14(15,16)17)19(18-8)12(20)9-4-5-10(22-2)11(6-9)23-3/h4-6,21H,7H2,1-3H3/t13-/m0/s1. The number of carbonyl (C=O) groups is 1. The van der Waals surface area contributed by atoms with Crippen LogP contribution in [0, 0.1) is 0 Å². The molecule has 1 aliphatic heterocycles. The molecular weight excluding hydrogens is 317 g/mol. The van der Waals surface area contributed by atoms with Gasteiger partial charge >= 0.3 is 6.18 Å². The van der Waals surface area contributed by atoms with Crippen LogP contribution in [0.5, 0.6) is 11.5 Å². The SMILES string of the molecule is COc1ccc(C(=O)N2N=C(C)C[C@]2(O)C(F)(F)F)cc1OC. The number of halogens is 3. The van der Waals surface area contributed by atoms with Crippen LogP contribution in [-0.2, 0) is 0 Å². The number of nitrogens with zero attached hydrogens (tertiary/aromatic N) is 2. The number of ether oxygens (including phenoxy) is 2. The molecule has 0 saturated heterocycles. The summed E-state index contributed by atoms with van der Waals surface area (Å²) < 4.78 is 49.5. The first-order valence-corrected chi connectivity index (χ1v) is 6.54. The van der Waals surface area contributed by atoms with Crippen molar-refractivity contribution in [2.75, 3.05) is 14.2 Å². The monoisotopic (exact) mass is 332 g/mol. The summed E-state index contributed by atoms with van der Waals surface area (Å²) in [6, 6.07) is 3.87. The number of alkyl halides is 3. The van der Waals surface area contributed by atoms with Crippen LogP contribution in [0.3, 0.4) is 0 Å². The quantitative estimate of drug-likeness (QED) is 0.921. The van der Waals surface area contributed by atoms with Crippen molar-refractivity contribution in [2.45, 2.75) is 25.2 Å². The Labute approximate surface area is 130 Å². The molecule has 1 aromatic rings. The number of hydrogen-bond donors (Lipinski definition) is 1. The van der Waals surface area contributed by atoms with Crippen molar-refractivity contribution in [3.63, 3.8) is 0 Å². The number of carbonyl (C=O) groups excluding carboxylic acids is 1. The lowest BCUT2D eigenvalue weighted by Crippen LogP contribution is -2.56. The molecule has 1 amide bonds. The van der Waals surface area contributed by atoms with E-state index >= 15 is 0 Å². The minimum atomic E-state index is -5.04. The molecule has 0 aliphatic carbocycles. The average Bonchev–Trinajstić information content (AvgIpc) is 2.81. The third-order valence-electron chi connectivity index (χ3n) is 3.40. The largest absolute Gasteiger partial charge is 0.493 e. The van der Waals surface area contributed by atoms with Crippen molar-refractivity contribution < 1.29 is 32.5 Å². The first-order chi connectivity index (χ1) is 10.6. The number of methoxy groups -OCH3 is 2. The first kappa shape index (κ1) is 17.1. The Kier molecular flexibility index (Phi) is 4.25. The topological polar surface area (TPSA) is 71.4 Å². The highest BCUT2D eigenvalue weighted by Gasteiger charge is 2.62. The van der Waals surface area contributed by atoms with Crippen molar-refractivity contribution in [1.82, 2.24) is 5.01 Å². The molecule has 2 rings (SSSR count). The van der Waals surface area contributed by atoms with Gasteiger partial charge in [0.05, 0.1) is 14.2 Å². The zero-order valence-electron chi connectivity index (χ0n) is 12.6. The van der Waals surface area contributed by atoms with Gasteiger partial charge in [0.2, 0.25) is 0 Å². The second kappa shape index (κ2) is 5.73. The van der Waals surface area contributed by atoms with Crippen LogP contribution < -0.4 is 9.47 Å². The second-order valence-corrected chi connectivity index (χ2v) is 5.01. The summed E-state index contributed by atoms with van der Waals surface area (Å²) in [6.45, 7) is 1.30. The van der Waals surface area contributed by atoms with Crippen LogP contribution in [0.2, 0.25) is 0 Å².